The van der Waals surface area contributed by atoms with Gasteiger partial charge in [0, 0.05) is 12.3 Å². The third-order valence-corrected chi connectivity index (χ3v) is 2.33. The molecule has 0 amide bonds. The normalized spacial score (nSPS) is 15.8. The van der Waals surface area contributed by atoms with Gasteiger partial charge in [0.2, 0.25) is 11.5 Å². The van der Waals surface area contributed by atoms with Crippen LogP contribution in [-0.4, -0.2) is 22.6 Å². The van der Waals surface area contributed by atoms with Crippen molar-refractivity contribution >= 4 is 11.6 Å². The molecule has 1 rings (SSSR count). The molecule has 1 atom stereocenters. The van der Waals surface area contributed by atoms with Crippen molar-refractivity contribution in [1.82, 2.24) is 4.98 Å². The highest BCUT2D eigenvalue weighted by atomic mass is 35.5. The number of hydrogen-bond acceptors (Lipinski definition) is 2. The number of halogens is 4. The van der Waals surface area contributed by atoms with E-state index >= 15 is 0 Å². The zero-order valence-corrected chi connectivity index (χ0v) is 8.64. The maximum atomic E-state index is 12.6. The monoisotopic (exact) mass is 239 g/mol. The fourth-order valence-electron chi connectivity index (χ4n) is 0.799. The predicted molar refractivity (Wildman–Crippen MR) is 50.0 cm³/mol. The molecule has 1 heterocycles. The molecule has 1 aromatic rings. The Morgan fingerprint density at radius 2 is 2.07 bits per heavy atom. The van der Waals surface area contributed by atoms with E-state index in [1.807, 2.05) is 0 Å². The Hall–Kier alpha value is -0.970. The molecule has 6 heteroatoms. The minimum absolute atomic E-state index is 0.0991. The molecule has 0 N–H and O–H groups in total. The standard InChI is InChI=1S/C9H9ClF3NO/c1-8(6-10,9(11,12)13)15-7-4-2-3-5-14-7/h2-5H,6H2,1H3. The fraction of sp³-hybridized carbons (Fsp3) is 0.444. The lowest BCUT2D eigenvalue weighted by Gasteiger charge is -2.29. The fourth-order valence-corrected chi connectivity index (χ4v) is 1.01. The Bertz CT molecular complexity index is 317. The summed E-state index contributed by atoms with van der Waals surface area (Å²) in [6.07, 6.45) is -3.19. The molecule has 0 bridgehead atoms. The number of aromatic nitrogens is 1. The van der Waals surface area contributed by atoms with Gasteiger partial charge in [0.1, 0.15) is 0 Å². The summed E-state index contributed by atoms with van der Waals surface area (Å²) in [5.74, 6) is -0.787. The second-order valence-electron chi connectivity index (χ2n) is 3.13. The molecule has 0 aliphatic carbocycles. The van der Waals surface area contributed by atoms with Crippen LogP contribution < -0.4 is 4.74 Å². The van der Waals surface area contributed by atoms with Crippen LogP contribution in [0.2, 0.25) is 0 Å². The van der Waals surface area contributed by atoms with Gasteiger partial charge < -0.3 is 4.74 Å². The van der Waals surface area contributed by atoms with Crippen LogP contribution >= 0.6 is 11.6 Å². The summed E-state index contributed by atoms with van der Waals surface area (Å²) in [6.45, 7) is 0.884. The van der Waals surface area contributed by atoms with Gasteiger partial charge in [0.15, 0.2) is 0 Å². The molecular formula is C9H9ClF3NO. The molecule has 0 saturated heterocycles. The number of ether oxygens (including phenoxy) is 1. The minimum Gasteiger partial charge on any atom is -0.460 e. The number of pyridine rings is 1. The molecule has 84 valence electrons. The van der Waals surface area contributed by atoms with E-state index in [0.29, 0.717) is 0 Å². The molecule has 0 aliphatic heterocycles. The maximum absolute atomic E-state index is 12.6. The van der Waals surface area contributed by atoms with Crippen LogP contribution in [0.5, 0.6) is 5.88 Å². The second kappa shape index (κ2) is 4.26. The number of rotatable bonds is 3. The Kier molecular flexibility index (Phi) is 3.44. The molecule has 1 unspecified atom stereocenters. The van der Waals surface area contributed by atoms with E-state index in [1.54, 1.807) is 6.07 Å². The number of nitrogens with zero attached hydrogens (tertiary/aromatic N) is 1. The SMILES string of the molecule is CC(CCl)(Oc1ccccn1)C(F)(F)F. The van der Waals surface area contributed by atoms with Crippen LogP contribution in [0.3, 0.4) is 0 Å². The molecule has 0 saturated carbocycles. The van der Waals surface area contributed by atoms with Gasteiger partial charge in [-0.25, -0.2) is 4.98 Å². The average molecular weight is 240 g/mol. The first-order chi connectivity index (χ1) is 6.89. The van der Waals surface area contributed by atoms with Crippen molar-refractivity contribution in [1.29, 1.82) is 0 Å². The lowest BCUT2D eigenvalue weighted by Crippen LogP contribution is -2.49. The maximum Gasteiger partial charge on any atom is 0.429 e. The first-order valence-electron chi connectivity index (χ1n) is 4.12. The topological polar surface area (TPSA) is 22.1 Å². The lowest BCUT2D eigenvalue weighted by atomic mass is 10.1. The highest BCUT2D eigenvalue weighted by Gasteiger charge is 2.53. The van der Waals surface area contributed by atoms with E-state index in [-0.39, 0.29) is 5.88 Å². The van der Waals surface area contributed by atoms with Gasteiger partial charge >= 0.3 is 6.18 Å². The van der Waals surface area contributed by atoms with Crippen LogP contribution in [0.4, 0.5) is 13.2 Å². The first kappa shape index (κ1) is 12.1. The van der Waals surface area contributed by atoms with Gasteiger partial charge in [-0.1, -0.05) is 6.07 Å². The first-order valence-corrected chi connectivity index (χ1v) is 4.65. The highest BCUT2D eigenvalue weighted by Crippen LogP contribution is 2.34. The third-order valence-electron chi connectivity index (χ3n) is 1.82. The second-order valence-corrected chi connectivity index (χ2v) is 3.40. The summed E-state index contributed by atoms with van der Waals surface area (Å²) in [7, 11) is 0. The van der Waals surface area contributed by atoms with Crippen molar-refractivity contribution in [2.45, 2.75) is 18.7 Å². The molecule has 0 spiro atoms. The molecule has 15 heavy (non-hydrogen) atoms. The lowest BCUT2D eigenvalue weighted by molar-refractivity contribution is -0.233. The summed E-state index contributed by atoms with van der Waals surface area (Å²) < 4.78 is 42.4. The predicted octanol–water partition coefficient (Wildman–Crippen LogP) is 3.02. The van der Waals surface area contributed by atoms with Crippen LogP contribution in [0, 0.1) is 0 Å². The van der Waals surface area contributed by atoms with Crippen LogP contribution in [0.1, 0.15) is 6.92 Å². The van der Waals surface area contributed by atoms with E-state index in [4.69, 9.17) is 16.3 Å². The van der Waals surface area contributed by atoms with Gasteiger partial charge in [-0.05, 0) is 13.0 Å². The highest BCUT2D eigenvalue weighted by molar-refractivity contribution is 6.18. The Morgan fingerprint density at radius 3 is 2.47 bits per heavy atom. The van der Waals surface area contributed by atoms with Crippen molar-refractivity contribution in [3.63, 3.8) is 0 Å². The third kappa shape index (κ3) is 2.75. The van der Waals surface area contributed by atoms with Crippen molar-refractivity contribution < 1.29 is 17.9 Å². The molecule has 0 fully saturated rings. The summed E-state index contributed by atoms with van der Waals surface area (Å²) >= 11 is 5.27. The van der Waals surface area contributed by atoms with Crippen LogP contribution in [-0.2, 0) is 0 Å². The summed E-state index contributed by atoms with van der Waals surface area (Å²) in [5, 5.41) is 0. The average Bonchev–Trinajstić information content (AvgIpc) is 2.17. The molecule has 2 nitrogen and oxygen atoms in total. The molecule has 0 radical (unpaired) electrons. The summed E-state index contributed by atoms with van der Waals surface area (Å²) in [5.41, 5.74) is -2.41. The molecular weight excluding hydrogens is 231 g/mol. The van der Waals surface area contributed by atoms with Crippen molar-refractivity contribution in [3.05, 3.63) is 24.4 Å². The van der Waals surface area contributed by atoms with Gasteiger partial charge in [-0.15, -0.1) is 11.6 Å². The Morgan fingerprint density at radius 1 is 1.40 bits per heavy atom. The van der Waals surface area contributed by atoms with Gasteiger partial charge in [-0.2, -0.15) is 13.2 Å². The van der Waals surface area contributed by atoms with Crippen molar-refractivity contribution in [3.8, 4) is 5.88 Å². The smallest absolute Gasteiger partial charge is 0.429 e. The minimum atomic E-state index is -4.54. The number of alkyl halides is 4. The van der Waals surface area contributed by atoms with Gasteiger partial charge in [0.05, 0.1) is 5.88 Å². The van der Waals surface area contributed by atoms with Crippen LogP contribution in [0.15, 0.2) is 24.4 Å². The zero-order chi connectivity index (χ0) is 11.5. The number of hydrogen-bond donors (Lipinski definition) is 0. The van der Waals surface area contributed by atoms with Crippen molar-refractivity contribution in [2.75, 3.05) is 5.88 Å². The van der Waals surface area contributed by atoms with Gasteiger partial charge in [0.25, 0.3) is 0 Å². The van der Waals surface area contributed by atoms with E-state index in [1.165, 1.54) is 18.3 Å². The quantitative estimate of drug-likeness (QED) is 0.757. The van der Waals surface area contributed by atoms with E-state index in [9.17, 15) is 13.2 Å². The molecule has 1 aromatic heterocycles. The van der Waals surface area contributed by atoms with E-state index in [2.05, 4.69) is 4.98 Å². The summed E-state index contributed by atoms with van der Waals surface area (Å²) in [4.78, 5) is 3.64. The van der Waals surface area contributed by atoms with E-state index in [0.717, 1.165) is 6.92 Å². The van der Waals surface area contributed by atoms with Crippen molar-refractivity contribution in [2.24, 2.45) is 0 Å². The largest absolute Gasteiger partial charge is 0.460 e. The summed E-state index contributed by atoms with van der Waals surface area (Å²) in [6, 6.07) is 4.46. The van der Waals surface area contributed by atoms with Gasteiger partial charge in [-0.3, -0.25) is 0 Å². The molecule has 0 aromatic carbocycles. The Balaban J connectivity index is 2.87. The van der Waals surface area contributed by atoms with Crippen LogP contribution in [0.25, 0.3) is 0 Å². The molecule has 0 aliphatic rings. The Labute approximate surface area is 90.0 Å². The zero-order valence-electron chi connectivity index (χ0n) is 7.88. The van der Waals surface area contributed by atoms with E-state index < -0.39 is 17.7 Å².